The first kappa shape index (κ1) is 17.8. The lowest BCUT2D eigenvalue weighted by Gasteiger charge is -2.12. The quantitative estimate of drug-likeness (QED) is 0.403. The number of ketones is 2. The van der Waals surface area contributed by atoms with Gasteiger partial charge in [0.05, 0.1) is 0 Å². The lowest BCUT2D eigenvalue weighted by Crippen LogP contribution is -2.40. The van der Waals surface area contributed by atoms with E-state index >= 15 is 0 Å². The number of nitrogens with two attached hydrogens (primary N) is 1. The maximum Gasteiger partial charge on any atom is 0.508 e. The van der Waals surface area contributed by atoms with Crippen molar-refractivity contribution in [3.63, 3.8) is 0 Å². The summed E-state index contributed by atoms with van der Waals surface area (Å²) in [5.74, 6) is 4.52. The van der Waals surface area contributed by atoms with Gasteiger partial charge in [-0.05, 0) is 11.5 Å². The smallest absolute Gasteiger partial charge is 0.422 e. The highest BCUT2D eigenvalue weighted by atomic mass is 16.6. The van der Waals surface area contributed by atoms with Gasteiger partial charge in [-0.1, -0.05) is 72.8 Å². The van der Waals surface area contributed by atoms with Gasteiger partial charge in [-0.15, -0.1) is 0 Å². The van der Waals surface area contributed by atoms with E-state index < -0.39 is 7.12 Å². The Morgan fingerprint density at radius 2 is 1.31 bits per heavy atom. The third kappa shape index (κ3) is 3.62. The summed E-state index contributed by atoms with van der Waals surface area (Å²) in [6.07, 6.45) is 0. The Morgan fingerprint density at radius 1 is 0.769 bits per heavy atom. The first-order valence-corrected chi connectivity index (χ1v) is 7.99. The van der Waals surface area contributed by atoms with Crippen LogP contribution in [0.1, 0.15) is 31.8 Å². The van der Waals surface area contributed by atoms with Crippen molar-refractivity contribution in [3.05, 3.63) is 101 Å². The molecule has 0 aliphatic carbocycles. The summed E-state index contributed by atoms with van der Waals surface area (Å²) in [6.45, 7) is 0. The Labute approximate surface area is 151 Å². The number of hydrogen-bond donors (Lipinski definition) is 2. The topological polar surface area (TPSA) is 89.6 Å². The molecule has 6 heteroatoms. The Bertz CT molecular complexity index is 929. The van der Waals surface area contributed by atoms with Crippen LogP contribution < -0.4 is 11.4 Å². The van der Waals surface area contributed by atoms with E-state index in [4.69, 9.17) is 5.90 Å². The Kier molecular flexibility index (Phi) is 5.38. The minimum absolute atomic E-state index is 0.163. The van der Waals surface area contributed by atoms with Crippen LogP contribution in [0.25, 0.3) is 0 Å². The fraction of sp³-hybridized carbons (Fsp3) is 0. The summed E-state index contributed by atoms with van der Waals surface area (Å²) in [6, 6.07) is 21.8. The molecule has 3 N–H and O–H groups in total. The second-order valence-electron chi connectivity index (χ2n) is 5.68. The standard InChI is InChI=1S/C20H16BNO4/c22-26-21(25)18-12-11-16(19(23)14-7-3-1-4-8-14)13-17(18)20(24)15-9-5-2-6-10-15/h1-13,25H,22H2. The van der Waals surface area contributed by atoms with Gasteiger partial charge in [0, 0.05) is 22.3 Å². The van der Waals surface area contributed by atoms with E-state index in [1.807, 2.05) is 6.07 Å². The molecule has 0 heterocycles. The van der Waals surface area contributed by atoms with Gasteiger partial charge in [-0.2, -0.15) is 0 Å². The van der Waals surface area contributed by atoms with Crippen molar-refractivity contribution in [1.82, 2.24) is 0 Å². The number of benzene rings is 3. The molecule has 128 valence electrons. The van der Waals surface area contributed by atoms with Gasteiger partial charge in [0.2, 0.25) is 0 Å². The fourth-order valence-electron chi connectivity index (χ4n) is 2.68. The molecule has 0 fully saturated rings. The molecule has 0 unspecified atom stereocenters. The van der Waals surface area contributed by atoms with Gasteiger partial charge in [-0.3, -0.25) is 9.59 Å². The van der Waals surface area contributed by atoms with E-state index in [1.165, 1.54) is 18.2 Å². The fourth-order valence-corrected chi connectivity index (χ4v) is 2.68. The molecule has 0 saturated heterocycles. The predicted molar refractivity (Wildman–Crippen MR) is 99.1 cm³/mol. The average molecular weight is 345 g/mol. The highest BCUT2D eigenvalue weighted by molar-refractivity contribution is 6.61. The number of carbonyl (C=O) groups is 2. The zero-order chi connectivity index (χ0) is 18.5. The molecular weight excluding hydrogens is 329 g/mol. The Hall–Kier alpha value is -3.06. The zero-order valence-corrected chi connectivity index (χ0v) is 13.8. The monoisotopic (exact) mass is 345 g/mol. The summed E-state index contributed by atoms with van der Waals surface area (Å²) in [5.41, 5.74) is 1.64. The molecular formula is C20H16BNO4. The first-order valence-electron chi connectivity index (χ1n) is 7.99. The second kappa shape index (κ2) is 7.88. The Balaban J connectivity index is 2.08. The van der Waals surface area contributed by atoms with Crippen LogP contribution in [-0.4, -0.2) is 23.7 Å². The largest absolute Gasteiger partial charge is 0.508 e. The highest BCUT2D eigenvalue weighted by Gasteiger charge is 2.25. The molecule has 0 bridgehead atoms. The van der Waals surface area contributed by atoms with Crippen LogP contribution in [-0.2, 0) is 4.76 Å². The third-order valence-electron chi connectivity index (χ3n) is 4.03. The van der Waals surface area contributed by atoms with Crippen LogP contribution in [0.4, 0.5) is 0 Å². The molecule has 0 aromatic heterocycles. The van der Waals surface area contributed by atoms with Crippen molar-refractivity contribution in [2.24, 2.45) is 5.90 Å². The average Bonchev–Trinajstić information content (AvgIpc) is 2.73. The highest BCUT2D eigenvalue weighted by Crippen LogP contribution is 2.15. The summed E-state index contributed by atoms with van der Waals surface area (Å²) in [7, 11) is -1.47. The molecule has 3 aromatic carbocycles. The maximum absolute atomic E-state index is 12.9. The van der Waals surface area contributed by atoms with Crippen molar-refractivity contribution in [2.75, 3.05) is 0 Å². The number of hydrogen-bond acceptors (Lipinski definition) is 5. The van der Waals surface area contributed by atoms with Crippen LogP contribution in [0.2, 0.25) is 0 Å². The van der Waals surface area contributed by atoms with E-state index in [0.717, 1.165) is 0 Å². The van der Waals surface area contributed by atoms with E-state index in [1.54, 1.807) is 54.6 Å². The van der Waals surface area contributed by atoms with Gasteiger partial charge in [0.25, 0.3) is 0 Å². The molecule has 26 heavy (non-hydrogen) atoms. The van der Waals surface area contributed by atoms with E-state index in [-0.39, 0.29) is 22.6 Å². The SMILES string of the molecule is NOB(O)c1ccc(C(=O)c2ccccc2)cc1C(=O)c1ccccc1. The summed E-state index contributed by atoms with van der Waals surface area (Å²) >= 11 is 0. The van der Waals surface area contributed by atoms with Crippen molar-refractivity contribution in [2.45, 2.75) is 0 Å². The van der Waals surface area contributed by atoms with Gasteiger partial charge in [0.15, 0.2) is 11.6 Å². The molecule has 0 atom stereocenters. The first-order chi connectivity index (χ1) is 12.6. The minimum atomic E-state index is -1.47. The molecule has 0 spiro atoms. The van der Waals surface area contributed by atoms with E-state index in [2.05, 4.69) is 4.76 Å². The third-order valence-corrected chi connectivity index (χ3v) is 4.03. The summed E-state index contributed by atoms with van der Waals surface area (Å²) < 4.78 is 4.47. The molecule has 3 rings (SSSR count). The van der Waals surface area contributed by atoms with Crippen molar-refractivity contribution >= 4 is 24.1 Å². The van der Waals surface area contributed by atoms with Gasteiger partial charge in [0.1, 0.15) is 0 Å². The van der Waals surface area contributed by atoms with E-state index in [0.29, 0.717) is 16.7 Å². The second-order valence-corrected chi connectivity index (χ2v) is 5.68. The maximum atomic E-state index is 12.9. The van der Waals surface area contributed by atoms with Crippen LogP contribution >= 0.6 is 0 Å². The van der Waals surface area contributed by atoms with Gasteiger partial charge < -0.3 is 9.78 Å². The molecule has 0 radical (unpaired) electrons. The van der Waals surface area contributed by atoms with Crippen LogP contribution in [0.5, 0.6) is 0 Å². The van der Waals surface area contributed by atoms with Crippen LogP contribution in [0.3, 0.4) is 0 Å². The van der Waals surface area contributed by atoms with Gasteiger partial charge in [-0.25, -0.2) is 5.90 Å². The van der Waals surface area contributed by atoms with Gasteiger partial charge >= 0.3 is 7.12 Å². The van der Waals surface area contributed by atoms with Crippen molar-refractivity contribution in [3.8, 4) is 0 Å². The lowest BCUT2D eigenvalue weighted by molar-refractivity contribution is 0.103. The predicted octanol–water partition coefficient (Wildman–Crippen LogP) is 1.73. The lowest BCUT2D eigenvalue weighted by atomic mass is 9.74. The number of carbonyl (C=O) groups excluding carboxylic acids is 2. The number of rotatable bonds is 6. The minimum Gasteiger partial charge on any atom is -0.422 e. The van der Waals surface area contributed by atoms with E-state index in [9.17, 15) is 14.6 Å². The zero-order valence-electron chi connectivity index (χ0n) is 13.8. The Morgan fingerprint density at radius 3 is 1.85 bits per heavy atom. The van der Waals surface area contributed by atoms with Crippen molar-refractivity contribution < 1.29 is 19.4 Å². The molecule has 0 aliphatic rings. The summed E-state index contributed by atoms with van der Waals surface area (Å²) in [5, 5.41) is 9.97. The molecule has 0 amide bonds. The normalized spacial score (nSPS) is 10.4. The van der Waals surface area contributed by atoms with Crippen LogP contribution in [0, 0.1) is 0 Å². The molecule has 0 saturated carbocycles. The molecule has 5 nitrogen and oxygen atoms in total. The molecule has 3 aromatic rings. The molecule has 0 aliphatic heterocycles. The van der Waals surface area contributed by atoms with Crippen LogP contribution in [0.15, 0.2) is 78.9 Å². The van der Waals surface area contributed by atoms with Crippen molar-refractivity contribution in [1.29, 1.82) is 0 Å². The summed E-state index contributed by atoms with van der Waals surface area (Å²) in [4.78, 5) is 25.6.